The highest BCUT2D eigenvalue weighted by Gasteiger charge is 2.21. The molecule has 0 heterocycles. The van der Waals surface area contributed by atoms with Gasteiger partial charge in [0.2, 0.25) is 0 Å². The van der Waals surface area contributed by atoms with Gasteiger partial charge in [-0.25, -0.2) is 4.79 Å². The van der Waals surface area contributed by atoms with Gasteiger partial charge in [-0.05, 0) is 31.2 Å². The third-order valence-electron chi connectivity index (χ3n) is 2.80. The predicted octanol–water partition coefficient (Wildman–Crippen LogP) is 1.45. The lowest BCUT2D eigenvalue weighted by molar-refractivity contribution is -0.139. The van der Waals surface area contributed by atoms with Crippen molar-refractivity contribution in [3.63, 3.8) is 0 Å². The molecule has 0 saturated heterocycles. The Labute approximate surface area is 111 Å². The molecule has 0 aliphatic carbocycles. The van der Waals surface area contributed by atoms with Gasteiger partial charge >= 0.3 is 11.9 Å². The van der Waals surface area contributed by atoms with Crippen LogP contribution in [-0.4, -0.2) is 41.8 Å². The van der Waals surface area contributed by atoms with Crippen LogP contribution in [0.15, 0.2) is 24.3 Å². The molecule has 0 amide bonds. The number of ether oxygens (including phenoxy) is 1. The Morgan fingerprint density at radius 2 is 1.84 bits per heavy atom. The summed E-state index contributed by atoms with van der Waals surface area (Å²) >= 11 is 0. The molecule has 1 unspecified atom stereocenters. The van der Waals surface area contributed by atoms with Gasteiger partial charge in [-0.1, -0.05) is 0 Å². The van der Waals surface area contributed by atoms with E-state index in [0.717, 1.165) is 0 Å². The monoisotopic (exact) mass is 267 g/mol. The zero-order valence-corrected chi connectivity index (χ0v) is 10.9. The number of hydrogen-bond acceptors (Lipinski definition) is 4. The van der Waals surface area contributed by atoms with Crippen LogP contribution in [0.3, 0.4) is 0 Å². The van der Waals surface area contributed by atoms with E-state index in [-0.39, 0.29) is 13.0 Å². The number of methoxy groups -OCH3 is 1. The van der Waals surface area contributed by atoms with Gasteiger partial charge in [0.25, 0.3) is 0 Å². The van der Waals surface area contributed by atoms with Gasteiger partial charge < -0.3 is 19.8 Å². The number of aliphatic carboxylic acids is 2. The lowest BCUT2D eigenvalue weighted by atomic mass is 10.2. The van der Waals surface area contributed by atoms with E-state index in [9.17, 15) is 9.59 Å². The minimum absolute atomic E-state index is 0.121. The summed E-state index contributed by atoms with van der Waals surface area (Å²) in [6, 6.07) is 6.03. The molecule has 0 bridgehead atoms. The number of carboxylic acids is 2. The zero-order valence-electron chi connectivity index (χ0n) is 10.9. The van der Waals surface area contributed by atoms with Crippen molar-refractivity contribution in [2.45, 2.75) is 19.4 Å². The fourth-order valence-electron chi connectivity index (χ4n) is 1.67. The SMILES string of the molecule is COc1ccc(N(CCC(=O)O)C(C)C(=O)O)cc1. The normalized spacial score (nSPS) is 11.7. The van der Waals surface area contributed by atoms with Crippen molar-refractivity contribution >= 4 is 17.6 Å². The molecule has 0 fully saturated rings. The van der Waals surface area contributed by atoms with Gasteiger partial charge in [-0.3, -0.25) is 4.79 Å². The molecule has 1 rings (SSSR count). The second-order valence-electron chi connectivity index (χ2n) is 4.05. The van der Waals surface area contributed by atoms with Gasteiger partial charge in [-0.2, -0.15) is 0 Å². The van der Waals surface area contributed by atoms with Gasteiger partial charge in [-0.15, -0.1) is 0 Å². The number of rotatable bonds is 7. The second-order valence-corrected chi connectivity index (χ2v) is 4.05. The number of nitrogens with zero attached hydrogens (tertiary/aromatic N) is 1. The van der Waals surface area contributed by atoms with Crippen LogP contribution in [0.25, 0.3) is 0 Å². The molecular formula is C13H17NO5. The number of hydrogen-bond donors (Lipinski definition) is 2. The maximum absolute atomic E-state index is 11.1. The largest absolute Gasteiger partial charge is 0.497 e. The Balaban J connectivity index is 2.93. The molecular weight excluding hydrogens is 250 g/mol. The Hall–Kier alpha value is -2.24. The first kappa shape index (κ1) is 14.8. The van der Waals surface area contributed by atoms with Crippen LogP contribution in [0.2, 0.25) is 0 Å². The Bertz CT molecular complexity index is 443. The van der Waals surface area contributed by atoms with Gasteiger partial charge in [0.05, 0.1) is 13.5 Å². The smallest absolute Gasteiger partial charge is 0.326 e. The molecule has 1 aromatic carbocycles. The molecule has 0 spiro atoms. The van der Waals surface area contributed by atoms with Crippen molar-refractivity contribution in [1.82, 2.24) is 0 Å². The van der Waals surface area contributed by atoms with Crippen molar-refractivity contribution in [3.05, 3.63) is 24.3 Å². The average Bonchev–Trinajstić information content (AvgIpc) is 2.39. The first-order valence-corrected chi connectivity index (χ1v) is 5.81. The van der Waals surface area contributed by atoms with Crippen molar-refractivity contribution in [1.29, 1.82) is 0 Å². The highest BCUT2D eigenvalue weighted by Crippen LogP contribution is 2.21. The van der Waals surface area contributed by atoms with E-state index < -0.39 is 18.0 Å². The van der Waals surface area contributed by atoms with Gasteiger partial charge in [0.15, 0.2) is 0 Å². The summed E-state index contributed by atoms with van der Waals surface area (Å²) < 4.78 is 5.03. The lowest BCUT2D eigenvalue weighted by Crippen LogP contribution is -2.40. The van der Waals surface area contributed by atoms with Gasteiger partial charge in [0, 0.05) is 12.2 Å². The number of carbonyl (C=O) groups is 2. The molecule has 0 aliphatic heterocycles. The third-order valence-corrected chi connectivity index (χ3v) is 2.80. The van der Waals surface area contributed by atoms with E-state index in [1.807, 2.05) is 0 Å². The number of carboxylic acid groups (broad SMARTS) is 2. The third kappa shape index (κ3) is 4.17. The van der Waals surface area contributed by atoms with Crippen LogP contribution < -0.4 is 9.64 Å². The number of benzene rings is 1. The molecule has 0 radical (unpaired) electrons. The Morgan fingerprint density at radius 1 is 1.26 bits per heavy atom. The maximum atomic E-state index is 11.1. The molecule has 0 aliphatic rings. The molecule has 104 valence electrons. The van der Waals surface area contributed by atoms with E-state index >= 15 is 0 Å². The first-order valence-electron chi connectivity index (χ1n) is 5.81. The molecule has 2 N–H and O–H groups in total. The fourth-order valence-corrected chi connectivity index (χ4v) is 1.67. The van der Waals surface area contributed by atoms with E-state index in [2.05, 4.69) is 0 Å². The summed E-state index contributed by atoms with van der Waals surface area (Å²) in [7, 11) is 1.54. The maximum Gasteiger partial charge on any atom is 0.326 e. The summed E-state index contributed by atoms with van der Waals surface area (Å²) in [5, 5.41) is 17.8. The molecule has 19 heavy (non-hydrogen) atoms. The molecule has 6 nitrogen and oxygen atoms in total. The van der Waals surface area contributed by atoms with E-state index in [4.69, 9.17) is 14.9 Å². The Morgan fingerprint density at radius 3 is 2.26 bits per heavy atom. The summed E-state index contributed by atoms with van der Waals surface area (Å²) in [6.07, 6.45) is -0.121. The van der Waals surface area contributed by atoms with Crippen LogP contribution in [-0.2, 0) is 9.59 Å². The predicted molar refractivity (Wildman–Crippen MR) is 69.7 cm³/mol. The Kier molecular flexibility index (Phi) is 5.17. The second kappa shape index (κ2) is 6.63. The standard InChI is InChI=1S/C13H17NO5/c1-9(13(17)18)14(8-7-12(15)16)10-3-5-11(19-2)6-4-10/h3-6,9H,7-8H2,1-2H3,(H,15,16)(H,17,18). The van der Waals surface area contributed by atoms with Crippen molar-refractivity contribution in [2.75, 3.05) is 18.6 Å². The highest BCUT2D eigenvalue weighted by molar-refractivity contribution is 5.78. The molecule has 0 aromatic heterocycles. The summed E-state index contributed by atoms with van der Waals surface area (Å²) in [5.41, 5.74) is 0.650. The summed E-state index contributed by atoms with van der Waals surface area (Å²) in [5.74, 6) is -1.30. The van der Waals surface area contributed by atoms with Crippen molar-refractivity contribution in [3.8, 4) is 5.75 Å². The van der Waals surface area contributed by atoms with Crippen molar-refractivity contribution in [2.24, 2.45) is 0 Å². The highest BCUT2D eigenvalue weighted by atomic mass is 16.5. The van der Waals surface area contributed by atoms with E-state index in [1.54, 1.807) is 24.3 Å². The summed E-state index contributed by atoms with van der Waals surface area (Å²) in [6.45, 7) is 1.66. The minimum atomic E-state index is -0.999. The summed E-state index contributed by atoms with van der Waals surface area (Å²) in [4.78, 5) is 23.2. The quantitative estimate of drug-likeness (QED) is 0.777. The molecule has 1 aromatic rings. The molecule has 0 saturated carbocycles. The zero-order chi connectivity index (χ0) is 14.4. The molecule has 6 heteroatoms. The lowest BCUT2D eigenvalue weighted by Gasteiger charge is -2.28. The minimum Gasteiger partial charge on any atom is -0.497 e. The average molecular weight is 267 g/mol. The topological polar surface area (TPSA) is 87.1 Å². The van der Waals surface area contributed by atoms with Crippen LogP contribution in [0.4, 0.5) is 5.69 Å². The fraction of sp³-hybridized carbons (Fsp3) is 0.385. The molecule has 1 atom stereocenters. The van der Waals surface area contributed by atoms with Crippen LogP contribution >= 0.6 is 0 Å². The van der Waals surface area contributed by atoms with E-state index in [1.165, 1.54) is 18.9 Å². The van der Waals surface area contributed by atoms with Gasteiger partial charge in [0.1, 0.15) is 11.8 Å². The van der Waals surface area contributed by atoms with E-state index in [0.29, 0.717) is 11.4 Å². The number of anilines is 1. The van der Waals surface area contributed by atoms with Crippen LogP contribution in [0.1, 0.15) is 13.3 Å². The first-order chi connectivity index (χ1) is 8.95. The van der Waals surface area contributed by atoms with Crippen LogP contribution in [0.5, 0.6) is 5.75 Å². The van der Waals surface area contributed by atoms with Crippen LogP contribution in [0, 0.1) is 0 Å². The van der Waals surface area contributed by atoms with Crippen molar-refractivity contribution < 1.29 is 24.5 Å².